The minimum absolute atomic E-state index is 0.290. The van der Waals surface area contributed by atoms with Gasteiger partial charge in [-0.1, -0.05) is 43.3 Å². The summed E-state index contributed by atoms with van der Waals surface area (Å²) in [4.78, 5) is 2.15. The molecule has 3 aromatic carbocycles. The van der Waals surface area contributed by atoms with Gasteiger partial charge in [-0.25, -0.2) is 0 Å². The lowest BCUT2D eigenvalue weighted by molar-refractivity contribution is 0.892. The van der Waals surface area contributed by atoms with E-state index in [4.69, 9.17) is 0 Å². The first-order valence-corrected chi connectivity index (χ1v) is 8.16. The van der Waals surface area contributed by atoms with Crippen LogP contribution in [0.1, 0.15) is 35.1 Å². The van der Waals surface area contributed by atoms with Crippen LogP contribution in [-0.2, 0) is 0 Å². The van der Waals surface area contributed by atoms with Crippen LogP contribution >= 0.6 is 0 Å². The number of nitriles is 2. The Balaban J connectivity index is 2.02. The molecule has 3 aromatic rings. The second kappa shape index (κ2) is 5.82. The third kappa shape index (κ3) is 2.35. The van der Waals surface area contributed by atoms with Gasteiger partial charge in [0.1, 0.15) is 0 Å². The lowest BCUT2D eigenvalue weighted by Gasteiger charge is -2.36. The predicted molar refractivity (Wildman–Crippen MR) is 98.1 cm³/mol. The highest BCUT2D eigenvalue weighted by atomic mass is 15.2. The van der Waals surface area contributed by atoms with E-state index < -0.39 is 0 Å². The first-order valence-electron chi connectivity index (χ1n) is 8.16. The van der Waals surface area contributed by atoms with Gasteiger partial charge in [-0.3, -0.25) is 0 Å². The van der Waals surface area contributed by atoms with E-state index in [-0.39, 0.29) is 0 Å². The molecule has 0 amide bonds. The van der Waals surface area contributed by atoms with Gasteiger partial charge in [-0.15, -0.1) is 0 Å². The van der Waals surface area contributed by atoms with Gasteiger partial charge in [0.05, 0.1) is 23.3 Å². The van der Waals surface area contributed by atoms with Crippen LogP contribution in [-0.4, -0.2) is 0 Å². The van der Waals surface area contributed by atoms with Crippen LogP contribution < -0.4 is 4.90 Å². The molecular formula is C22H15N3. The van der Waals surface area contributed by atoms with E-state index in [1.54, 1.807) is 6.07 Å². The van der Waals surface area contributed by atoms with Crippen LogP contribution in [0.25, 0.3) is 0 Å². The van der Waals surface area contributed by atoms with Gasteiger partial charge in [-0.05, 0) is 41.5 Å². The summed E-state index contributed by atoms with van der Waals surface area (Å²) < 4.78 is 0. The molecule has 3 heteroatoms. The molecule has 0 saturated carbocycles. The maximum Gasteiger partial charge on any atom is 0.0992 e. The summed E-state index contributed by atoms with van der Waals surface area (Å²) in [6, 6.07) is 26.2. The van der Waals surface area contributed by atoms with Gasteiger partial charge in [0.2, 0.25) is 0 Å². The minimum atomic E-state index is 0.290. The molecule has 1 aliphatic heterocycles. The highest BCUT2D eigenvalue weighted by Gasteiger charge is 2.28. The van der Waals surface area contributed by atoms with Crippen molar-refractivity contribution in [2.45, 2.75) is 12.8 Å². The highest BCUT2D eigenvalue weighted by Crippen LogP contribution is 2.48. The molecule has 3 nitrogen and oxygen atoms in total. The van der Waals surface area contributed by atoms with E-state index in [1.165, 1.54) is 11.1 Å². The molecule has 25 heavy (non-hydrogen) atoms. The fourth-order valence-corrected chi connectivity index (χ4v) is 3.56. The molecule has 1 heterocycles. The summed E-state index contributed by atoms with van der Waals surface area (Å²) in [5, 5.41) is 18.7. The van der Waals surface area contributed by atoms with E-state index >= 15 is 0 Å². The third-order valence-corrected chi connectivity index (χ3v) is 4.72. The van der Waals surface area contributed by atoms with Crippen LogP contribution in [0, 0.1) is 22.7 Å². The average molecular weight is 321 g/mol. The van der Waals surface area contributed by atoms with Gasteiger partial charge in [0, 0.05) is 23.0 Å². The van der Waals surface area contributed by atoms with Gasteiger partial charge in [0.25, 0.3) is 0 Å². The summed E-state index contributed by atoms with van der Waals surface area (Å²) in [5.74, 6) is 0.290. The Labute approximate surface area is 147 Å². The number of rotatable bonds is 1. The van der Waals surface area contributed by atoms with Crippen molar-refractivity contribution in [3.63, 3.8) is 0 Å². The summed E-state index contributed by atoms with van der Waals surface area (Å²) in [6.07, 6.45) is 0. The fourth-order valence-electron chi connectivity index (χ4n) is 3.56. The molecule has 0 atom stereocenters. The van der Waals surface area contributed by atoms with Gasteiger partial charge >= 0.3 is 0 Å². The molecule has 0 aliphatic carbocycles. The van der Waals surface area contributed by atoms with Gasteiger partial charge in [-0.2, -0.15) is 10.5 Å². The van der Waals surface area contributed by atoms with E-state index in [1.807, 2.05) is 36.4 Å². The van der Waals surface area contributed by atoms with E-state index in [2.05, 4.69) is 48.2 Å². The number of para-hydroxylation sites is 2. The van der Waals surface area contributed by atoms with Crippen molar-refractivity contribution >= 4 is 17.1 Å². The Morgan fingerprint density at radius 3 is 1.72 bits per heavy atom. The minimum Gasteiger partial charge on any atom is -0.310 e. The normalized spacial score (nSPS) is 12.7. The molecule has 0 fully saturated rings. The molecule has 0 unspecified atom stereocenters. The first-order chi connectivity index (χ1) is 12.2. The van der Waals surface area contributed by atoms with Gasteiger partial charge < -0.3 is 4.90 Å². The van der Waals surface area contributed by atoms with Crippen molar-refractivity contribution < 1.29 is 0 Å². The number of benzene rings is 3. The molecule has 0 saturated heterocycles. The quantitative estimate of drug-likeness (QED) is 0.606. The summed E-state index contributed by atoms with van der Waals surface area (Å²) in [7, 11) is 0. The molecule has 1 aliphatic rings. The first kappa shape index (κ1) is 15.0. The van der Waals surface area contributed by atoms with E-state index in [9.17, 15) is 10.5 Å². The lowest BCUT2D eigenvalue weighted by Crippen LogP contribution is -2.20. The number of fused-ring (bicyclic) bond motifs is 2. The Morgan fingerprint density at radius 2 is 1.24 bits per heavy atom. The van der Waals surface area contributed by atoms with Crippen LogP contribution in [0.4, 0.5) is 17.1 Å². The monoisotopic (exact) mass is 321 g/mol. The molecule has 0 radical (unpaired) electrons. The molecule has 118 valence electrons. The number of hydrogen-bond acceptors (Lipinski definition) is 3. The SMILES string of the molecule is CC1c2ccccc2N(c2cc(C#N)cc(C#N)c2)c2ccccc21. The smallest absolute Gasteiger partial charge is 0.0992 e. The van der Waals surface area contributed by atoms with Crippen LogP contribution in [0.3, 0.4) is 0 Å². The molecule has 0 N–H and O–H groups in total. The molecule has 0 aromatic heterocycles. The van der Waals surface area contributed by atoms with E-state index in [0.717, 1.165) is 17.1 Å². The maximum absolute atomic E-state index is 9.34. The third-order valence-electron chi connectivity index (χ3n) is 4.72. The van der Waals surface area contributed by atoms with Crippen molar-refractivity contribution in [2.75, 3.05) is 4.90 Å². The zero-order valence-corrected chi connectivity index (χ0v) is 13.8. The summed E-state index contributed by atoms with van der Waals surface area (Å²) in [5.41, 5.74) is 6.47. The highest BCUT2D eigenvalue weighted by molar-refractivity contribution is 5.85. The van der Waals surface area contributed by atoms with Crippen LogP contribution in [0.5, 0.6) is 0 Å². The second-order valence-corrected chi connectivity index (χ2v) is 6.17. The zero-order valence-electron chi connectivity index (χ0n) is 13.8. The summed E-state index contributed by atoms with van der Waals surface area (Å²) >= 11 is 0. The Bertz CT molecular complexity index is 974. The van der Waals surface area contributed by atoms with Crippen molar-refractivity contribution in [3.8, 4) is 12.1 Å². The van der Waals surface area contributed by atoms with Crippen molar-refractivity contribution in [3.05, 3.63) is 89.0 Å². The number of hydrogen-bond donors (Lipinski definition) is 0. The van der Waals surface area contributed by atoms with Crippen molar-refractivity contribution in [1.29, 1.82) is 10.5 Å². The average Bonchev–Trinajstić information content (AvgIpc) is 2.68. The topological polar surface area (TPSA) is 50.8 Å². The number of nitrogens with zero attached hydrogens (tertiary/aromatic N) is 3. The van der Waals surface area contributed by atoms with Crippen LogP contribution in [0.2, 0.25) is 0 Å². The Morgan fingerprint density at radius 1 is 0.760 bits per heavy atom. The molecule has 4 rings (SSSR count). The number of anilines is 3. The van der Waals surface area contributed by atoms with E-state index in [0.29, 0.717) is 17.0 Å². The molecule has 0 bridgehead atoms. The zero-order chi connectivity index (χ0) is 17.4. The van der Waals surface area contributed by atoms with Crippen molar-refractivity contribution in [1.82, 2.24) is 0 Å². The largest absolute Gasteiger partial charge is 0.310 e. The standard InChI is InChI=1S/C22H15N3/c1-15-19-6-2-4-8-21(19)25(22-9-5-3-7-20(15)22)18-11-16(13-23)10-17(12-18)14-24/h2-12,15H,1H3. The van der Waals surface area contributed by atoms with Crippen LogP contribution in [0.15, 0.2) is 66.7 Å². The Hall–Kier alpha value is -3.56. The maximum atomic E-state index is 9.34. The fraction of sp³-hybridized carbons (Fsp3) is 0.0909. The summed E-state index contributed by atoms with van der Waals surface area (Å²) in [6.45, 7) is 2.21. The second-order valence-electron chi connectivity index (χ2n) is 6.17. The molecular weight excluding hydrogens is 306 g/mol. The molecule has 0 spiro atoms. The van der Waals surface area contributed by atoms with Crippen molar-refractivity contribution in [2.24, 2.45) is 0 Å². The lowest BCUT2D eigenvalue weighted by atomic mass is 9.86. The Kier molecular flexibility index (Phi) is 3.49. The predicted octanol–water partition coefficient (Wildman–Crippen LogP) is 5.36. The van der Waals surface area contributed by atoms with Gasteiger partial charge in [0.15, 0.2) is 0 Å².